The molecule has 3 atom stereocenters. The summed E-state index contributed by atoms with van der Waals surface area (Å²) >= 11 is 20.8. The third-order valence-corrected chi connectivity index (χ3v) is 4.52. The van der Waals surface area contributed by atoms with Crippen molar-refractivity contribution in [1.29, 1.82) is 0 Å². The molecular formula is C9H16BrCl3O3. The molecule has 0 saturated carbocycles. The smallest absolute Gasteiger partial charge is 0.144 e. The fraction of sp³-hybridized carbons (Fsp3) is 1.00. The average Bonchev–Trinajstić information content (AvgIpc) is 2.17. The standard InChI is InChI=1S/C9H16BrCl3O3/c1-6(11)9(16,7(10)2-3-14)4-8(12,13)5-15/h6-7,14-16H,2-5H2,1H3. The lowest BCUT2D eigenvalue weighted by Crippen LogP contribution is -2.50. The van der Waals surface area contributed by atoms with Gasteiger partial charge in [-0.05, 0) is 13.3 Å². The molecule has 0 aliphatic carbocycles. The molecule has 0 aromatic rings. The van der Waals surface area contributed by atoms with Crippen molar-refractivity contribution in [1.82, 2.24) is 0 Å². The van der Waals surface area contributed by atoms with Crippen molar-refractivity contribution < 1.29 is 15.3 Å². The van der Waals surface area contributed by atoms with Crippen LogP contribution in [-0.2, 0) is 0 Å². The zero-order valence-electron chi connectivity index (χ0n) is 8.84. The molecule has 0 aromatic carbocycles. The SMILES string of the molecule is CC(Cl)C(O)(CC(Cl)(Cl)CO)C(Br)CCO. The van der Waals surface area contributed by atoms with Crippen molar-refractivity contribution in [3.8, 4) is 0 Å². The predicted octanol–water partition coefficient (Wildman–Crippen LogP) is 2.05. The van der Waals surface area contributed by atoms with E-state index in [4.69, 9.17) is 45.0 Å². The van der Waals surface area contributed by atoms with Gasteiger partial charge in [-0.3, -0.25) is 0 Å². The van der Waals surface area contributed by atoms with Crippen molar-refractivity contribution in [2.75, 3.05) is 13.2 Å². The molecule has 0 amide bonds. The van der Waals surface area contributed by atoms with E-state index in [9.17, 15) is 5.11 Å². The highest BCUT2D eigenvalue weighted by Gasteiger charge is 2.45. The molecule has 0 spiro atoms. The van der Waals surface area contributed by atoms with E-state index in [0.29, 0.717) is 6.42 Å². The second-order valence-corrected chi connectivity index (χ2v) is 7.18. The third-order valence-electron chi connectivity index (χ3n) is 2.39. The van der Waals surface area contributed by atoms with Crippen LogP contribution in [0, 0.1) is 0 Å². The second kappa shape index (κ2) is 6.98. The summed E-state index contributed by atoms with van der Waals surface area (Å²) in [7, 11) is 0. The minimum Gasteiger partial charge on any atom is -0.396 e. The molecule has 0 radical (unpaired) electrons. The Morgan fingerprint density at radius 1 is 1.31 bits per heavy atom. The average molecular weight is 358 g/mol. The zero-order valence-corrected chi connectivity index (χ0v) is 12.7. The Balaban J connectivity index is 4.83. The van der Waals surface area contributed by atoms with E-state index in [-0.39, 0.29) is 13.0 Å². The van der Waals surface area contributed by atoms with Crippen LogP contribution in [0.3, 0.4) is 0 Å². The van der Waals surface area contributed by atoms with Crippen LogP contribution in [0.1, 0.15) is 19.8 Å². The summed E-state index contributed by atoms with van der Waals surface area (Å²) in [6.45, 7) is 1.02. The molecule has 7 heteroatoms. The normalized spacial score (nSPS) is 20.2. The van der Waals surface area contributed by atoms with Crippen LogP contribution in [-0.4, -0.2) is 48.7 Å². The summed E-state index contributed by atoms with van der Waals surface area (Å²) in [5.41, 5.74) is -1.41. The minimum absolute atomic E-state index is 0.0970. The lowest BCUT2D eigenvalue weighted by atomic mass is 9.89. The number of hydrogen-bond acceptors (Lipinski definition) is 3. The first-order valence-corrected chi connectivity index (χ1v) is 6.90. The maximum Gasteiger partial charge on any atom is 0.144 e. The van der Waals surface area contributed by atoms with E-state index in [1.807, 2.05) is 0 Å². The predicted molar refractivity (Wildman–Crippen MR) is 70.8 cm³/mol. The number of halogens is 4. The number of alkyl halides is 4. The van der Waals surface area contributed by atoms with Gasteiger partial charge in [0.15, 0.2) is 0 Å². The van der Waals surface area contributed by atoms with E-state index in [2.05, 4.69) is 15.9 Å². The van der Waals surface area contributed by atoms with Crippen molar-refractivity contribution in [3.05, 3.63) is 0 Å². The number of aliphatic hydroxyl groups is 3. The zero-order chi connectivity index (χ0) is 13.0. The Kier molecular flexibility index (Phi) is 7.51. The van der Waals surface area contributed by atoms with E-state index < -0.39 is 26.7 Å². The highest BCUT2D eigenvalue weighted by atomic mass is 79.9. The summed E-state index contributed by atoms with van der Waals surface area (Å²) in [5, 5.41) is 27.6. The third kappa shape index (κ3) is 4.84. The Bertz CT molecular complexity index is 216. The molecule has 3 N–H and O–H groups in total. The van der Waals surface area contributed by atoms with Crippen LogP contribution in [0.4, 0.5) is 0 Å². The molecule has 0 heterocycles. The molecule has 0 aliphatic rings. The van der Waals surface area contributed by atoms with Gasteiger partial charge >= 0.3 is 0 Å². The van der Waals surface area contributed by atoms with E-state index >= 15 is 0 Å². The van der Waals surface area contributed by atoms with E-state index in [1.165, 1.54) is 0 Å². The lowest BCUT2D eigenvalue weighted by molar-refractivity contribution is 0.0162. The van der Waals surface area contributed by atoms with Gasteiger partial charge in [0.05, 0.1) is 17.6 Å². The summed E-state index contributed by atoms with van der Waals surface area (Å²) in [6, 6.07) is 0. The largest absolute Gasteiger partial charge is 0.396 e. The summed E-state index contributed by atoms with van der Waals surface area (Å²) in [4.78, 5) is -0.457. The highest BCUT2D eigenvalue weighted by molar-refractivity contribution is 9.09. The topological polar surface area (TPSA) is 60.7 Å². The summed E-state index contributed by atoms with van der Waals surface area (Å²) < 4.78 is -1.46. The van der Waals surface area contributed by atoms with Crippen molar-refractivity contribution in [2.24, 2.45) is 0 Å². The first-order chi connectivity index (χ1) is 7.19. The Morgan fingerprint density at radius 3 is 2.12 bits per heavy atom. The molecule has 0 rings (SSSR count). The van der Waals surface area contributed by atoms with Gasteiger partial charge in [-0.15, -0.1) is 11.6 Å². The monoisotopic (exact) mass is 356 g/mol. The first kappa shape index (κ1) is 17.2. The Morgan fingerprint density at radius 2 is 1.81 bits per heavy atom. The van der Waals surface area contributed by atoms with E-state index in [0.717, 1.165) is 0 Å². The molecule has 98 valence electrons. The van der Waals surface area contributed by atoms with Gasteiger partial charge in [0.1, 0.15) is 4.33 Å². The van der Waals surface area contributed by atoms with Gasteiger partial charge in [-0.1, -0.05) is 39.1 Å². The van der Waals surface area contributed by atoms with Gasteiger partial charge < -0.3 is 15.3 Å². The van der Waals surface area contributed by atoms with Crippen LogP contribution in [0.2, 0.25) is 0 Å². The van der Waals surface area contributed by atoms with Gasteiger partial charge in [-0.2, -0.15) is 0 Å². The lowest BCUT2D eigenvalue weighted by Gasteiger charge is -2.38. The minimum atomic E-state index is -1.46. The quantitative estimate of drug-likeness (QED) is 0.611. The number of aliphatic hydroxyl groups excluding tert-OH is 2. The molecule has 3 nitrogen and oxygen atoms in total. The maximum absolute atomic E-state index is 10.4. The maximum atomic E-state index is 10.4. The van der Waals surface area contributed by atoms with Crippen LogP contribution < -0.4 is 0 Å². The van der Waals surface area contributed by atoms with Gasteiger partial charge in [0.2, 0.25) is 0 Å². The van der Waals surface area contributed by atoms with Gasteiger partial charge in [0.25, 0.3) is 0 Å². The molecule has 0 aliphatic heterocycles. The van der Waals surface area contributed by atoms with Gasteiger partial charge in [0, 0.05) is 17.9 Å². The first-order valence-electron chi connectivity index (χ1n) is 4.79. The summed E-state index contributed by atoms with van der Waals surface area (Å²) in [5.74, 6) is 0. The highest BCUT2D eigenvalue weighted by Crippen LogP contribution is 2.39. The molecular weight excluding hydrogens is 342 g/mol. The van der Waals surface area contributed by atoms with Crippen LogP contribution >= 0.6 is 50.7 Å². The molecule has 0 bridgehead atoms. The van der Waals surface area contributed by atoms with Crippen molar-refractivity contribution in [3.63, 3.8) is 0 Å². The number of rotatable bonds is 7. The fourth-order valence-electron chi connectivity index (χ4n) is 1.33. The Labute approximate surface area is 119 Å². The van der Waals surface area contributed by atoms with Gasteiger partial charge in [-0.25, -0.2) is 0 Å². The molecule has 0 fully saturated rings. The van der Waals surface area contributed by atoms with Crippen molar-refractivity contribution >= 4 is 50.7 Å². The second-order valence-electron chi connectivity index (χ2n) is 3.78. The molecule has 3 unspecified atom stereocenters. The molecule has 16 heavy (non-hydrogen) atoms. The number of hydrogen-bond donors (Lipinski definition) is 3. The Hall–Kier alpha value is 1.23. The fourth-order valence-corrected chi connectivity index (χ4v) is 2.91. The van der Waals surface area contributed by atoms with Crippen LogP contribution in [0.25, 0.3) is 0 Å². The van der Waals surface area contributed by atoms with Crippen LogP contribution in [0.15, 0.2) is 0 Å². The van der Waals surface area contributed by atoms with Crippen LogP contribution in [0.5, 0.6) is 0 Å². The molecule has 0 aromatic heterocycles. The van der Waals surface area contributed by atoms with E-state index in [1.54, 1.807) is 6.92 Å². The molecule has 0 saturated heterocycles. The van der Waals surface area contributed by atoms with Crippen molar-refractivity contribution in [2.45, 2.75) is 39.9 Å². The summed E-state index contributed by atoms with van der Waals surface area (Å²) in [6.07, 6.45) is 0.211.